The zero-order valence-electron chi connectivity index (χ0n) is 17.2. The Kier molecular flexibility index (Phi) is 8.06. The molecule has 6 nitrogen and oxygen atoms in total. The minimum atomic E-state index is -0.828. The monoisotopic (exact) mass is 436 g/mol. The smallest absolute Gasteiger partial charge is 0.329 e. The average molecular weight is 437 g/mol. The highest BCUT2D eigenvalue weighted by atomic mass is 32.2. The van der Waals surface area contributed by atoms with Crippen LogP contribution >= 0.6 is 11.8 Å². The van der Waals surface area contributed by atoms with Gasteiger partial charge in [0.05, 0.1) is 0 Å². The highest BCUT2D eigenvalue weighted by Crippen LogP contribution is 2.22. The van der Waals surface area contributed by atoms with Crippen LogP contribution in [-0.2, 0) is 14.3 Å². The summed E-state index contributed by atoms with van der Waals surface area (Å²) < 4.78 is 5.21. The summed E-state index contributed by atoms with van der Waals surface area (Å²) in [5.41, 5.74) is 1.11. The topological polar surface area (TPSA) is 84.5 Å². The van der Waals surface area contributed by atoms with Crippen molar-refractivity contribution in [1.29, 1.82) is 0 Å². The van der Waals surface area contributed by atoms with Crippen molar-refractivity contribution >= 4 is 46.0 Å². The summed E-state index contributed by atoms with van der Waals surface area (Å²) in [6, 6.07) is 21.1. The lowest BCUT2D eigenvalue weighted by molar-refractivity contribution is -0.149. The van der Waals surface area contributed by atoms with Crippen molar-refractivity contribution in [2.24, 2.45) is 0 Å². The molecule has 2 amide bonds. The Morgan fingerprint density at radius 3 is 2.42 bits per heavy atom. The first-order valence-electron chi connectivity index (χ1n) is 9.87. The zero-order valence-corrected chi connectivity index (χ0v) is 18.0. The number of thioether (sulfide) groups is 1. The molecular weight excluding hydrogens is 412 g/mol. The molecule has 3 rings (SSSR count). The number of ether oxygens (including phenoxy) is 1. The van der Waals surface area contributed by atoms with Gasteiger partial charge in [0.2, 0.25) is 0 Å². The van der Waals surface area contributed by atoms with Gasteiger partial charge in [0.15, 0.2) is 6.61 Å². The number of carbonyl (C=O) groups is 3. The molecule has 0 aliphatic heterocycles. The Morgan fingerprint density at radius 2 is 1.65 bits per heavy atom. The molecule has 3 aromatic carbocycles. The first kappa shape index (κ1) is 22.4. The third-order valence-electron chi connectivity index (χ3n) is 4.65. The van der Waals surface area contributed by atoms with Gasteiger partial charge in [0, 0.05) is 16.6 Å². The molecule has 0 aliphatic rings. The van der Waals surface area contributed by atoms with Crippen LogP contribution in [0, 0.1) is 0 Å². The van der Waals surface area contributed by atoms with E-state index in [1.807, 2.05) is 48.7 Å². The number of rotatable bonds is 9. The number of hydrogen-bond acceptors (Lipinski definition) is 5. The lowest BCUT2D eigenvalue weighted by Gasteiger charge is -2.17. The van der Waals surface area contributed by atoms with E-state index in [0.717, 1.165) is 10.8 Å². The van der Waals surface area contributed by atoms with Gasteiger partial charge in [-0.3, -0.25) is 9.59 Å². The van der Waals surface area contributed by atoms with Gasteiger partial charge in [-0.25, -0.2) is 4.79 Å². The summed E-state index contributed by atoms with van der Waals surface area (Å²) >= 11 is 1.56. The molecular formula is C24H24N2O4S. The number of nitrogens with one attached hydrogen (secondary N) is 2. The van der Waals surface area contributed by atoms with Crippen LogP contribution in [0.5, 0.6) is 0 Å². The Labute approximate surface area is 185 Å². The number of amides is 2. The molecule has 0 heterocycles. The first-order chi connectivity index (χ1) is 15.1. The van der Waals surface area contributed by atoms with Crippen molar-refractivity contribution in [3.63, 3.8) is 0 Å². The fraction of sp³-hybridized carbons (Fsp3) is 0.208. The molecule has 160 valence electrons. The highest BCUT2D eigenvalue weighted by Gasteiger charge is 2.23. The van der Waals surface area contributed by atoms with Gasteiger partial charge in [-0.2, -0.15) is 11.8 Å². The van der Waals surface area contributed by atoms with Gasteiger partial charge in [0.1, 0.15) is 6.04 Å². The van der Waals surface area contributed by atoms with Gasteiger partial charge in [-0.05, 0) is 42.0 Å². The third-order valence-corrected chi connectivity index (χ3v) is 5.29. The quantitative estimate of drug-likeness (QED) is 0.498. The first-order valence-corrected chi connectivity index (χ1v) is 11.3. The van der Waals surface area contributed by atoms with Crippen LogP contribution < -0.4 is 10.6 Å². The number of fused-ring (bicyclic) bond motifs is 1. The van der Waals surface area contributed by atoms with E-state index < -0.39 is 24.5 Å². The summed E-state index contributed by atoms with van der Waals surface area (Å²) in [5, 5.41) is 7.39. The maximum atomic E-state index is 12.6. The highest BCUT2D eigenvalue weighted by molar-refractivity contribution is 7.98. The van der Waals surface area contributed by atoms with E-state index in [1.165, 1.54) is 0 Å². The standard InChI is InChI=1S/C24H24N2O4S/c1-31-15-14-21(26-23(28)18-9-3-2-4-10-18)24(29)30-16-22(27)25-20-13-7-11-17-8-5-6-12-19(17)20/h2-13,21H,14-16H2,1H3,(H,25,27)(H,26,28). The lowest BCUT2D eigenvalue weighted by Crippen LogP contribution is -2.43. The van der Waals surface area contributed by atoms with Crippen LogP contribution in [0.15, 0.2) is 72.8 Å². The van der Waals surface area contributed by atoms with Gasteiger partial charge < -0.3 is 15.4 Å². The number of carbonyl (C=O) groups excluding carboxylic acids is 3. The van der Waals surface area contributed by atoms with Crippen LogP contribution in [0.25, 0.3) is 10.8 Å². The second kappa shape index (κ2) is 11.2. The summed E-state index contributed by atoms with van der Waals surface area (Å²) in [7, 11) is 0. The van der Waals surface area contributed by atoms with Gasteiger partial charge in [-0.1, -0.05) is 54.6 Å². The number of anilines is 1. The maximum absolute atomic E-state index is 12.6. The minimum Gasteiger partial charge on any atom is -0.454 e. The Morgan fingerprint density at radius 1 is 0.935 bits per heavy atom. The van der Waals surface area contributed by atoms with E-state index >= 15 is 0 Å². The van der Waals surface area contributed by atoms with Crippen molar-refractivity contribution in [2.75, 3.05) is 23.9 Å². The third kappa shape index (κ3) is 6.33. The molecule has 0 fully saturated rings. The van der Waals surface area contributed by atoms with Crippen LogP contribution in [0.3, 0.4) is 0 Å². The lowest BCUT2D eigenvalue weighted by atomic mass is 10.1. The molecule has 0 bridgehead atoms. The number of benzene rings is 3. The molecule has 3 aromatic rings. The molecule has 0 aliphatic carbocycles. The van der Waals surface area contributed by atoms with Gasteiger partial charge >= 0.3 is 5.97 Å². The molecule has 1 unspecified atom stereocenters. The second-order valence-corrected chi connectivity index (χ2v) is 7.84. The Bertz CT molecular complexity index is 1050. The molecule has 7 heteroatoms. The molecule has 0 spiro atoms. The van der Waals surface area contributed by atoms with Crippen LogP contribution in [0.1, 0.15) is 16.8 Å². The van der Waals surface area contributed by atoms with Gasteiger partial charge in [-0.15, -0.1) is 0 Å². The maximum Gasteiger partial charge on any atom is 0.329 e. The van der Waals surface area contributed by atoms with Crippen molar-refractivity contribution in [3.8, 4) is 0 Å². The van der Waals surface area contributed by atoms with Crippen LogP contribution in [0.4, 0.5) is 5.69 Å². The summed E-state index contributed by atoms with van der Waals surface area (Å²) in [6.07, 6.45) is 2.32. The fourth-order valence-electron chi connectivity index (χ4n) is 3.07. The largest absolute Gasteiger partial charge is 0.454 e. The van der Waals surface area contributed by atoms with E-state index in [1.54, 1.807) is 42.1 Å². The molecule has 0 saturated heterocycles. The predicted octanol–water partition coefficient (Wildman–Crippen LogP) is 3.87. The SMILES string of the molecule is CSCCC(NC(=O)c1ccccc1)C(=O)OCC(=O)Nc1cccc2ccccc12. The normalized spacial score (nSPS) is 11.5. The van der Waals surface area contributed by atoms with Crippen molar-refractivity contribution in [3.05, 3.63) is 78.4 Å². The fourth-order valence-corrected chi connectivity index (χ4v) is 3.55. The van der Waals surface area contributed by atoms with Crippen LogP contribution in [0.2, 0.25) is 0 Å². The number of esters is 1. The van der Waals surface area contributed by atoms with Crippen LogP contribution in [-0.4, -0.2) is 42.4 Å². The van der Waals surface area contributed by atoms with E-state index in [2.05, 4.69) is 10.6 Å². The molecule has 2 N–H and O–H groups in total. The Balaban J connectivity index is 1.59. The van der Waals surface area contributed by atoms with Crippen molar-refractivity contribution < 1.29 is 19.1 Å². The van der Waals surface area contributed by atoms with E-state index in [0.29, 0.717) is 23.4 Å². The van der Waals surface area contributed by atoms with E-state index in [-0.39, 0.29) is 5.91 Å². The second-order valence-electron chi connectivity index (χ2n) is 6.86. The van der Waals surface area contributed by atoms with Gasteiger partial charge in [0.25, 0.3) is 11.8 Å². The Hall–Kier alpha value is -3.32. The van der Waals surface area contributed by atoms with E-state index in [9.17, 15) is 14.4 Å². The van der Waals surface area contributed by atoms with Crippen molar-refractivity contribution in [1.82, 2.24) is 5.32 Å². The molecule has 0 radical (unpaired) electrons. The number of hydrogen-bond donors (Lipinski definition) is 2. The summed E-state index contributed by atoms with van der Waals surface area (Å²) in [4.78, 5) is 37.3. The predicted molar refractivity (Wildman–Crippen MR) is 124 cm³/mol. The molecule has 31 heavy (non-hydrogen) atoms. The zero-order chi connectivity index (χ0) is 22.1. The van der Waals surface area contributed by atoms with E-state index in [4.69, 9.17) is 4.74 Å². The average Bonchev–Trinajstić information content (AvgIpc) is 2.81. The molecule has 0 saturated carbocycles. The summed E-state index contributed by atoms with van der Waals surface area (Å²) in [6.45, 7) is -0.432. The molecule has 0 aromatic heterocycles. The molecule has 1 atom stereocenters. The summed E-state index contributed by atoms with van der Waals surface area (Å²) in [5.74, 6) is -0.769. The minimum absolute atomic E-state index is 0.358. The van der Waals surface area contributed by atoms with Crippen molar-refractivity contribution in [2.45, 2.75) is 12.5 Å².